The van der Waals surface area contributed by atoms with Crippen LogP contribution < -0.4 is 10.1 Å². The van der Waals surface area contributed by atoms with Crippen molar-refractivity contribution in [2.75, 3.05) is 5.32 Å². The van der Waals surface area contributed by atoms with Gasteiger partial charge >= 0.3 is 0 Å². The average Bonchev–Trinajstić information content (AvgIpc) is 3.41. The molecular formula is C21H20FN7O2. The van der Waals surface area contributed by atoms with Gasteiger partial charge in [0, 0.05) is 18.3 Å². The molecule has 31 heavy (non-hydrogen) atoms. The second-order valence-electron chi connectivity index (χ2n) is 6.74. The van der Waals surface area contributed by atoms with Crippen molar-refractivity contribution in [3.8, 4) is 5.75 Å². The summed E-state index contributed by atoms with van der Waals surface area (Å²) >= 11 is 0. The average molecular weight is 421 g/mol. The number of aryl methyl sites for hydroxylation is 1. The minimum Gasteiger partial charge on any atom is -0.486 e. The minimum absolute atomic E-state index is 0.193. The fourth-order valence-electron chi connectivity index (χ4n) is 2.99. The van der Waals surface area contributed by atoms with Crippen molar-refractivity contribution in [3.63, 3.8) is 0 Å². The molecule has 2 aromatic carbocycles. The summed E-state index contributed by atoms with van der Waals surface area (Å²) in [5, 5.41) is 18.4. The lowest BCUT2D eigenvalue weighted by Gasteiger charge is -2.08. The largest absolute Gasteiger partial charge is 0.486 e. The number of rotatable bonds is 8. The van der Waals surface area contributed by atoms with E-state index in [0.29, 0.717) is 35.9 Å². The summed E-state index contributed by atoms with van der Waals surface area (Å²) in [4.78, 5) is 12.6. The highest BCUT2D eigenvalue weighted by Crippen LogP contribution is 2.17. The van der Waals surface area contributed by atoms with Crippen LogP contribution in [-0.4, -0.2) is 35.9 Å². The van der Waals surface area contributed by atoms with E-state index in [1.54, 1.807) is 52.1 Å². The van der Waals surface area contributed by atoms with Gasteiger partial charge in [-0.15, -0.1) is 5.10 Å². The number of nitrogens with one attached hydrogen (secondary N) is 1. The third-order valence-corrected chi connectivity index (χ3v) is 4.49. The van der Waals surface area contributed by atoms with Crippen molar-refractivity contribution in [1.82, 2.24) is 30.0 Å². The predicted octanol–water partition coefficient (Wildman–Crippen LogP) is 2.91. The first kappa shape index (κ1) is 20.2. The SMILES string of the molecule is CCn1nnnc1COc1cccc(C(=O)Nc2cnn(Cc3cccc(F)c3)c2)c1. The summed E-state index contributed by atoms with van der Waals surface area (Å²) in [6.07, 6.45) is 3.23. The number of anilines is 1. The Morgan fingerprint density at radius 2 is 2.06 bits per heavy atom. The highest BCUT2D eigenvalue weighted by molar-refractivity contribution is 6.04. The number of ether oxygens (including phenoxy) is 1. The maximum atomic E-state index is 13.3. The highest BCUT2D eigenvalue weighted by Gasteiger charge is 2.11. The molecule has 0 saturated heterocycles. The van der Waals surface area contributed by atoms with Gasteiger partial charge < -0.3 is 10.1 Å². The molecule has 0 aliphatic rings. The quantitative estimate of drug-likeness (QED) is 0.470. The molecule has 4 aromatic rings. The topological polar surface area (TPSA) is 99.8 Å². The molecule has 0 spiro atoms. The minimum atomic E-state index is -0.300. The van der Waals surface area contributed by atoms with Crippen LogP contribution in [0.3, 0.4) is 0 Å². The van der Waals surface area contributed by atoms with Crippen molar-refractivity contribution in [2.24, 2.45) is 0 Å². The van der Waals surface area contributed by atoms with Crippen molar-refractivity contribution in [2.45, 2.75) is 26.6 Å². The maximum Gasteiger partial charge on any atom is 0.255 e. The number of tetrazole rings is 1. The molecule has 0 fully saturated rings. The van der Waals surface area contributed by atoms with Crippen molar-refractivity contribution < 1.29 is 13.9 Å². The lowest BCUT2D eigenvalue weighted by atomic mass is 10.2. The van der Waals surface area contributed by atoms with Gasteiger partial charge in [0.15, 0.2) is 5.82 Å². The number of nitrogens with zero attached hydrogens (tertiary/aromatic N) is 6. The van der Waals surface area contributed by atoms with E-state index in [2.05, 4.69) is 25.9 Å². The van der Waals surface area contributed by atoms with Crippen LogP contribution in [-0.2, 0) is 19.7 Å². The van der Waals surface area contributed by atoms with Gasteiger partial charge in [-0.2, -0.15) is 5.10 Å². The van der Waals surface area contributed by atoms with E-state index in [0.717, 1.165) is 5.56 Å². The lowest BCUT2D eigenvalue weighted by Crippen LogP contribution is -2.12. The van der Waals surface area contributed by atoms with Crippen LogP contribution in [0.5, 0.6) is 5.75 Å². The second kappa shape index (κ2) is 9.16. The molecule has 0 unspecified atom stereocenters. The molecule has 1 amide bonds. The van der Waals surface area contributed by atoms with Crippen LogP contribution in [0.2, 0.25) is 0 Å². The molecule has 0 radical (unpaired) electrons. The Hall–Kier alpha value is -4.08. The van der Waals surface area contributed by atoms with E-state index in [-0.39, 0.29) is 18.3 Å². The fraction of sp³-hybridized carbons (Fsp3) is 0.190. The van der Waals surface area contributed by atoms with Crippen molar-refractivity contribution in [1.29, 1.82) is 0 Å². The predicted molar refractivity (Wildman–Crippen MR) is 110 cm³/mol. The first-order valence-corrected chi connectivity index (χ1v) is 9.67. The van der Waals surface area contributed by atoms with E-state index >= 15 is 0 Å². The van der Waals surface area contributed by atoms with Gasteiger partial charge in [-0.25, -0.2) is 9.07 Å². The fourth-order valence-corrected chi connectivity index (χ4v) is 2.99. The Morgan fingerprint density at radius 1 is 1.19 bits per heavy atom. The molecule has 1 N–H and O–H groups in total. The number of carbonyl (C=O) groups excluding carboxylic acids is 1. The van der Waals surface area contributed by atoms with Crippen molar-refractivity contribution >= 4 is 11.6 Å². The molecule has 0 bridgehead atoms. The molecule has 0 atom stereocenters. The zero-order chi connectivity index (χ0) is 21.6. The zero-order valence-corrected chi connectivity index (χ0v) is 16.8. The second-order valence-corrected chi connectivity index (χ2v) is 6.74. The molecule has 0 aliphatic carbocycles. The van der Waals surface area contributed by atoms with E-state index in [4.69, 9.17) is 4.74 Å². The molecule has 158 valence electrons. The van der Waals surface area contributed by atoms with Gasteiger partial charge in [0.25, 0.3) is 5.91 Å². The van der Waals surface area contributed by atoms with E-state index in [9.17, 15) is 9.18 Å². The van der Waals surface area contributed by atoms with Crippen LogP contribution in [0.15, 0.2) is 60.9 Å². The summed E-state index contributed by atoms with van der Waals surface area (Å²) in [6.45, 7) is 3.17. The van der Waals surface area contributed by atoms with Crippen LogP contribution in [0.1, 0.15) is 28.7 Å². The van der Waals surface area contributed by atoms with Gasteiger partial charge in [0.1, 0.15) is 18.2 Å². The number of hydrogen-bond acceptors (Lipinski definition) is 6. The van der Waals surface area contributed by atoms with Gasteiger partial charge in [0.05, 0.1) is 18.4 Å². The third kappa shape index (κ3) is 5.10. The molecule has 0 aliphatic heterocycles. The van der Waals surface area contributed by atoms with E-state index < -0.39 is 0 Å². The van der Waals surface area contributed by atoms with E-state index in [1.807, 2.05) is 13.0 Å². The number of aromatic nitrogens is 6. The van der Waals surface area contributed by atoms with Crippen LogP contribution >= 0.6 is 0 Å². The summed E-state index contributed by atoms with van der Waals surface area (Å²) in [7, 11) is 0. The summed E-state index contributed by atoms with van der Waals surface area (Å²) < 4.78 is 22.3. The van der Waals surface area contributed by atoms with Crippen LogP contribution in [0, 0.1) is 5.82 Å². The Balaban J connectivity index is 1.37. The standard InChI is InChI=1S/C21H20FN7O2/c1-2-29-20(25-26-27-29)14-31-19-8-4-6-16(10-19)21(30)24-18-11-23-28(13-18)12-15-5-3-7-17(22)9-15/h3-11,13H,2,12,14H2,1H3,(H,24,30). The first-order valence-electron chi connectivity index (χ1n) is 9.67. The highest BCUT2D eigenvalue weighted by atomic mass is 19.1. The molecule has 0 saturated carbocycles. The number of benzene rings is 2. The Labute approximate surface area is 177 Å². The molecule has 2 heterocycles. The van der Waals surface area contributed by atoms with Crippen molar-refractivity contribution in [3.05, 3.63) is 83.7 Å². The number of carbonyl (C=O) groups is 1. The number of amides is 1. The third-order valence-electron chi connectivity index (χ3n) is 4.49. The molecule has 9 nitrogen and oxygen atoms in total. The van der Waals surface area contributed by atoms with Gasteiger partial charge in [0.2, 0.25) is 0 Å². The van der Waals surface area contributed by atoms with Crippen LogP contribution in [0.25, 0.3) is 0 Å². The Morgan fingerprint density at radius 3 is 2.90 bits per heavy atom. The van der Waals surface area contributed by atoms with Gasteiger partial charge in [-0.1, -0.05) is 18.2 Å². The monoisotopic (exact) mass is 421 g/mol. The zero-order valence-electron chi connectivity index (χ0n) is 16.8. The first-order chi connectivity index (χ1) is 15.1. The molecule has 4 rings (SSSR count). The van der Waals surface area contributed by atoms with Crippen LogP contribution in [0.4, 0.5) is 10.1 Å². The lowest BCUT2D eigenvalue weighted by molar-refractivity contribution is 0.102. The summed E-state index contributed by atoms with van der Waals surface area (Å²) in [5.74, 6) is 0.531. The van der Waals surface area contributed by atoms with E-state index in [1.165, 1.54) is 12.1 Å². The van der Waals surface area contributed by atoms with Gasteiger partial charge in [-0.3, -0.25) is 9.48 Å². The van der Waals surface area contributed by atoms with Gasteiger partial charge in [-0.05, 0) is 53.2 Å². The number of halogens is 1. The normalized spacial score (nSPS) is 10.8. The Bertz CT molecular complexity index is 1190. The molecular weight excluding hydrogens is 401 g/mol. The molecule has 2 aromatic heterocycles. The molecule has 10 heteroatoms. The maximum absolute atomic E-state index is 13.3. The number of hydrogen-bond donors (Lipinski definition) is 1. The smallest absolute Gasteiger partial charge is 0.255 e. The summed E-state index contributed by atoms with van der Waals surface area (Å²) in [5.41, 5.74) is 1.75. The summed E-state index contributed by atoms with van der Waals surface area (Å²) in [6, 6.07) is 13.1. The Kier molecular flexibility index (Phi) is 5.97.